The molecule has 0 fully saturated rings. The van der Waals surface area contributed by atoms with E-state index in [0.29, 0.717) is 5.88 Å². The maximum absolute atomic E-state index is 5.61. The molecule has 1 heterocycles. The molecule has 0 N–H and O–H groups in total. The molecule has 17 heavy (non-hydrogen) atoms. The van der Waals surface area contributed by atoms with Crippen molar-refractivity contribution >= 4 is 11.0 Å². The highest BCUT2D eigenvalue weighted by Gasteiger charge is 2.08. The van der Waals surface area contributed by atoms with Gasteiger partial charge in [-0.3, -0.25) is 0 Å². The molecule has 0 spiro atoms. The van der Waals surface area contributed by atoms with Crippen molar-refractivity contribution in [1.29, 1.82) is 0 Å². The second-order valence-electron chi connectivity index (χ2n) is 4.14. The van der Waals surface area contributed by atoms with Crippen LogP contribution >= 0.6 is 0 Å². The molecule has 0 unspecified atom stereocenters. The molecule has 0 aliphatic heterocycles. The molecule has 2 rings (SSSR count). The van der Waals surface area contributed by atoms with E-state index in [9.17, 15) is 0 Å². The summed E-state index contributed by atoms with van der Waals surface area (Å²) in [7, 11) is 1.63. The van der Waals surface area contributed by atoms with Crippen LogP contribution in [0, 0.1) is 6.92 Å². The van der Waals surface area contributed by atoms with E-state index < -0.39 is 0 Å². The molecule has 0 bridgehead atoms. The van der Waals surface area contributed by atoms with E-state index in [2.05, 4.69) is 9.97 Å². The van der Waals surface area contributed by atoms with Crippen LogP contribution in [-0.4, -0.2) is 23.2 Å². The Labute approximate surface area is 101 Å². The Morgan fingerprint density at radius 3 is 2.53 bits per heavy atom. The zero-order valence-electron chi connectivity index (χ0n) is 10.5. The molecular formula is C13H16N2O2. The topological polar surface area (TPSA) is 44.2 Å². The van der Waals surface area contributed by atoms with Gasteiger partial charge in [-0.15, -0.1) is 0 Å². The molecule has 0 saturated carbocycles. The second-order valence-corrected chi connectivity index (χ2v) is 4.14. The molecule has 0 aliphatic carbocycles. The number of ether oxygens (including phenoxy) is 2. The number of aryl methyl sites for hydroxylation is 1. The van der Waals surface area contributed by atoms with Gasteiger partial charge in [0.25, 0.3) is 0 Å². The largest absolute Gasteiger partial charge is 0.497 e. The summed E-state index contributed by atoms with van der Waals surface area (Å²) < 4.78 is 10.8. The van der Waals surface area contributed by atoms with Crippen molar-refractivity contribution in [3.63, 3.8) is 0 Å². The molecule has 90 valence electrons. The number of hydrogen-bond acceptors (Lipinski definition) is 4. The van der Waals surface area contributed by atoms with Gasteiger partial charge >= 0.3 is 0 Å². The van der Waals surface area contributed by atoms with Gasteiger partial charge in [0.15, 0.2) is 0 Å². The summed E-state index contributed by atoms with van der Waals surface area (Å²) in [6.07, 6.45) is 0.0889. The van der Waals surface area contributed by atoms with Gasteiger partial charge in [0.2, 0.25) is 5.88 Å². The Hall–Kier alpha value is -1.84. The minimum atomic E-state index is 0.0889. The Balaban J connectivity index is 2.52. The van der Waals surface area contributed by atoms with Crippen LogP contribution in [0.15, 0.2) is 18.2 Å². The Morgan fingerprint density at radius 2 is 1.88 bits per heavy atom. The van der Waals surface area contributed by atoms with Crippen LogP contribution in [0.5, 0.6) is 11.6 Å². The highest BCUT2D eigenvalue weighted by atomic mass is 16.5. The fourth-order valence-electron chi connectivity index (χ4n) is 1.57. The Kier molecular flexibility index (Phi) is 3.13. The summed E-state index contributed by atoms with van der Waals surface area (Å²) >= 11 is 0. The summed E-state index contributed by atoms with van der Waals surface area (Å²) in [5.41, 5.74) is 2.43. The van der Waals surface area contributed by atoms with Gasteiger partial charge in [0.05, 0.1) is 24.2 Å². The summed E-state index contributed by atoms with van der Waals surface area (Å²) in [6.45, 7) is 5.84. The molecule has 4 nitrogen and oxygen atoms in total. The smallest absolute Gasteiger partial charge is 0.236 e. The van der Waals surface area contributed by atoms with Crippen LogP contribution in [0.25, 0.3) is 11.0 Å². The minimum absolute atomic E-state index is 0.0889. The van der Waals surface area contributed by atoms with Crippen LogP contribution in [0.1, 0.15) is 19.5 Å². The van der Waals surface area contributed by atoms with Gasteiger partial charge < -0.3 is 9.47 Å². The average Bonchev–Trinajstić information content (AvgIpc) is 2.29. The van der Waals surface area contributed by atoms with Gasteiger partial charge in [0, 0.05) is 6.07 Å². The number of nitrogens with zero attached hydrogens (tertiary/aromatic N) is 2. The lowest BCUT2D eigenvalue weighted by Gasteiger charge is -2.11. The van der Waals surface area contributed by atoms with Crippen molar-refractivity contribution in [2.24, 2.45) is 0 Å². The van der Waals surface area contributed by atoms with Crippen LogP contribution in [0.2, 0.25) is 0 Å². The molecule has 0 saturated heterocycles. The van der Waals surface area contributed by atoms with Gasteiger partial charge in [-0.25, -0.2) is 9.97 Å². The molecule has 0 amide bonds. The van der Waals surface area contributed by atoms with Crippen LogP contribution in [0.4, 0.5) is 0 Å². The van der Waals surface area contributed by atoms with E-state index in [4.69, 9.17) is 9.47 Å². The number of fused-ring (bicyclic) bond motifs is 1. The van der Waals surface area contributed by atoms with Crippen molar-refractivity contribution in [2.75, 3.05) is 7.11 Å². The van der Waals surface area contributed by atoms with E-state index in [0.717, 1.165) is 22.5 Å². The normalized spacial score (nSPS) is 10.9. The third-order valence-corrected chi connectivity index (χ3v) is 2.35. The monoisotopic (exact) mass is 232 g/mol. The maximum atomic E-state index is 5.61. The van der Waals surface area contributed by atoms with Crippen LogP contribution < -0.4 is 9.47 Å². The molecule has 0 radical (unpaired) electrons. The molecule has 2 aromatic rings. The minimum Gasteiger partial charge on any atom is -0.497 e. The zero-order valence-corrected chi connectivity index (χ0v) is 10.5. The maximum Gasteiger partial charge on any atom is 0.236 e. The average molecular weight is 232 g/mol. The van der Waals surface area contributed by atoms with E-state index in [1.165, 1.54) is 0 Å². The number of benzene rings is 1. The summed E-state index contributed by atoms with van der Waals surface area (Å²) in [4.78, 5) is 8.92. The van der Waals surface area contributed by atoms with Crippen LogP contribution in [-0.2, 0) is 0 Å². The molecular weight excluding hydrogens is 216 g/mol. The first-order chi connectivity index (χ1) is 8.10. The van der Waals surface area contributed by atoms with Gasteiger partial charge in [0.1, 0.15) is 11.4 Å². The zero-order chi connectivity index (χ0) is 12.4. The Bertz CT molecular complexity index is 538. The van der Waals surface area contributed by atoms with Crippen molar-refractivity contribution in [2.45, 2.75) is 26.9 Å². The lowest BCUT2D eigenvalue weighted by atomic mass is 10.2. The summed E-state index contributed by atoms with van der Waals surface area (Å²) in [5.74, 6) is 1.35. The summed E-state index contributed by atoms with van der Waals surface area (Å²) in [5, 5.41) is 0. The first kappa shape index (κ1) is 11.6. The van der Waals surface area contributed by atoms with Crippen LogP contribution in [0.3, 0.4) is 0 Å². The predicted octanol–water partition coefficient (Wildman–Crippen LogP) is 2.73. The van der Waals surface area contributed by atoms with Crippen molar-refractivity contribution in [3.8, 4) is 11.6 Å². The fraction of sp³-hybridized carbons (Fsp3) is 0.385. The number of methoxy groups -OCH3 is 1. The molecule has 4 heteroatoms. The first-order valence-electron chi connectivity index (χ1n) is 5.59. The number of rotatable bonds is 3. The SMILES string of the molecule is COc1ccc2nc(C)c(OC(C)C)nc2c1. The Morgan fingerprint density at radius 1 is 1.12 bits per heavy atom. The second kappa shape index (κ2) is 4.57. The highest BCUT2D eigenvalue weighted by molar-refractivity contribution is 5.76. The van der Waals surface area contributed by atoms with Crippen molar-refractivity contribution < 1.29 is 9.47 Å². The van der Waals surface area contributed by atoms with E-state index in [-0.39, 0.29) is 6.10 Å². The first-order valence-corrected chi connectivity index (χ1v) is 5.59. The van der Waals surface area contributed by atoms with Gasteiger partial charge in [-0.1, -0.05) is 0 Å². The fourth-order valence-corrected chi connectivity index (χ4v) is 1.57. The van der Waals surface area contributed by atoms with E-state index in [1.807, 2.05) is 39.0 Å². The predicted molar refractivity (Wildman–Crippen MR) is 66.6 cm³/mol. The third kappa shape index (κ3) is 2.46. The number of aromatic nitrogens is 2. The van der Waals surface area contributed by atoms with E-state index in [1.54, 1.807) is 7.11 Å². The molecule has 1 aromatic heterocycles. The van der Waals surface area contributed by atoms with E-state index >= 15 is 0 Å². The van der Waals surface area contributed by atoms with Crippen molar-refractivity contribution in [1.82, 2.24) is 9.97 Å². The van der Waals surface area contributed by atoms with Gasteiger partial charge in [-0.05, 0) is 32.9 Å². The molecule has 0 aliphatic rings. The molecule has 1 aromatic carbocycles. The number of hydrogen-bond donors (Lipinski definition) is 0. The van der Waals surface area contributed by atoms with Gasteiger partial charge in [-0.2, -0.15) is 0 Å². The lowest BCUT2D eigenvalue weighted by molar-refractivity contribution is 0.230. The lowest BCUT2D eigenvalue weighted by Crippen LogP contribution is -2.09. The molecule has 0 atom stereocenters. The quantitative estimate of drug-likeness (QED) is 0.816. The highest BCUT2D eigenvalue weighted by Crippen LogP contribution is 2.22. The summed E-state index contributed by atoms with van der Waals surface area (Å²) in [6, 6.07) is 5.63. The third-order valence-electron chi connectivity index (χ3n) is 2.35. The standard InChI is InChI=1S/C13H16N2O2/c1-8(2)17-13-9(3)14-11-6-5-10(16-4)7-12(11)15-13/h5-8H,1-4H3. The van der Waals surface area contributed by atoms with Crippen molar-refractivity contribution in [3.05, 3.63) is 23.9 Å².